The molecule has 0 spiro atoms. The van der Waals surface area contributed by atoms with Gasteiger partial charge in [0.1, 0.15) is 11.5 Å². The molecule has 5 nitrogen and oxygen atoms in total. The Kier molecular flexibility index (Phi) is 22.3. The van der Waals surface area contributed by atoms with Crippen LogP contribution in [0.1, 0.15) is 28.2 Å². The van der Waals surface area contributed by atoms with E-state index in [9.17, 15) is 9.59 Å². The van der Waals surface area contributed by atoms with E-state index in [1.165, 1.54) is 13.8 Å². The van der Waals surface area contributed by atoms with Crippen molar-refractivity contribution in [3.63, 3.8) is 0 Å². The van der Waals surface area contributed by atoms with Crippen molar-refractivity contribution in [1.29, 1.82) is 0 Å². The second-order valence-corrected chi connectivity index (χ2v) is 4.41. The van der Waals surface area contributed by atoms with Gasteiger partial charge in [0, 0.05) is 55.5 Å². The van der Waals surface area contributed by atoms with Crippen molar-refractivity contribution in [1.82, 2.24) is 9.47 Å². The van der Waals surface area contributed by atoms with Gasteiger partial charge in [-0.3, -0.25) is 4.79 Å². The number of rotatable bonds is 2. The van der Waals surface area contributed by atoms with Crippen molar-refractivity contribution < 1.29 is 30.7 Å². The zero-order valence-electron chi connectivity index (χ0n) is 13.9. The van der Waals surface area contributed by atoms with Crippen LogP contribution in [0.15, 0.2) is 30.6 Å². The maximum absolute atomic E-state index is 11.4. The Hall–Kier alpha value is -1.13. The summed E-state index contributed by atoms with van der Waals surface area (Å²) >= 11 is 0. The van der Waals surface area contributed by atoms with Crippen molar-refractivity contribution in [2.45, 2.75) is 28.2 Å². The molecule has 0 aromatic carbocycles. The number of ketones is 1. The van der Waals surface area contributed by atoms with Gasteiger partial charge in [0.15, 0.2) is 0 Å². The van der Waals surface area contributed by atoms with Gasteiger partial charge in [0.25, 0.3) is 5.91 Å². The van der Waals surface area contributed by atoms with Gasteiger partial charge in [-0.2, -0.15) is 13.6 Å². The summed E-state index contributed by atoms with van der Waals surface area (Å²) in [5, 5.41) is 3.74. The minimum atomic E-state index is 0. The normalized spacial score (nSPS) is 11.3. The van der Waals surface area contributed by atoms with Gasteiger partial charge in [-0.05, 0) is 32.1 Å². The Morgan fingerprint density at radius 1 is 1.26 bits per heavy atom. The van der Waals surface area contributed by atoms with Gasteiger partial charge < -0.3 is 19.6 Å². The van der Waals surface area contributed by atoms with E-state index in [1.807, 2.05) is 42.1 Å². The molecule has 1 aliphatic heterocycles. The first-order valence-electron chi connectivity index (χ1n) is 6.55. The number of amides is 1. The van der Waals surface area contributed by atoms with Gasteiger partial charge in [-0.15, -0.1) is 0 Å². The third-order valence-corrected chi connectivity index (χ3v) is 2.32. The van der Waals surface area contributed by atoms with Crippen LogP contribution in [0.2, 0.25) is 0 Å². The molecule has 0 atom stereocenters. The maximum atomic E-state index is 11.4. The molecule has 2 rings (SSSR count). The first-order chi connectivity index (χ1) is 9.43. The van der Waals surface area contributed by atoms with Crippen LogP contribution >= 0.6 is 0 Å². The summed E-state index contributed by atoms with van der Waals surface area (Å²) in [7, 11) is 3.61. The summed E-state index contributed by atoms with van der Waals surface area (Å²) in [6, 6.07) is 3.82. The molecular formula is C16H28BN3O2W-. The van der Waals surface area contributed by atoms with E-state index < -0.39 is 0 Å². The second kappa shape index (κ2) is 17.2. The molecule has 3 radical (unpaired) electrons. The van der Waals surface area contributed by atoms with E-state index in [2.05, 4.69) is 5.32 Å². The number of hydrogen-bond acceptors (Lipinski definition) is 2. The molecule has 0 aliphatic carbocycles. The van der Waals surface area contributed by atoms with E-state index in [0.29, 0.717) is 6.54 Å². The Bertz CT molecular complexity index is 442. The van der Waals surface area contributed by atoms with E-state index in [1.54, 1.807) is 19.0 Å². The van der Waals surface area contributed by atoms with Gasteiger partial charge >= 0.3 is 0 Å². The second-order valence-electron chi connectivity index (χ2n) is 4.41. The van der Waals surface area contributed by atoms with Crippen LogP contribution in [0.3, 0.4) is 0 Å². The number of aromatic nitrogens is 1. The van der Waals surface area contributed by atoms with Crippen molar-refractivity contribution in [2.75, 3.05) is 27.2 Å². The molecule has 23 heavy (non-hydrogen) atoms. The van der Waals surface area contributed by atoms with Crippen molar-refractivity contribution in [3.05, 3.63) is 35.9 Å². The van der Waals surface area contributed by atoms with Crippen molar-refractivity contribution >= 4 is 25.8 Å². The fraction of sp³-hybridized carbons (Fsp3) is 0.500. The topological polar surface area (TPSA) is 56.4 Å². The van der Waals surface area contributed by atoms with E-state index in [-0.39, 0.29) is 48.6 Å². The molecule has 129 valence electrons. The third kappa shape index (κ3) is 13.0. The molecule has 0 saturated heterocycles. The summed E-state index contributed by atoms with van der Waals surface area (Å²) in [5.74, 6) is 0.256. The smallest absolute Gasteiger partial charge is 0.270 e. The summed E-state index contributed by atoms with van der Waals surface area (Å²) in [4.78, 5) is 22.6. The van der Waals surface area contributed by atoms with Gasteiger partial charge in [-0.25, -0.2) is 0 Å². The SMILES string of the molecule is C.CC(C)=O.CC[N-]C.CN1CC=C(n2cccc2)C1=O.[B].[W]. The molecule has 0 N–H and O–H groups in total. The Morgan fingerprint density at radius 2 is 1.65 bits per heavy atom. The van der Waals surface area contributed by atoms with E-state index >= 15 is 0 Å². The predicted octanol–water partition coefficient (Wildman–Crippen LogP) is 2.66. The Balaban J connectivity index is -0.000000142. The number of carbonyl (C=O) groups is 2. The van der Waals surface area contributed by atoms with Crippen molar-refractivity contribution in [2.24, 2.45) is 0 Å². The van der Waals surface area contributed by atoms with E-state index in [0.717, 1.165) is 12.2 Å². The molecule has 0 unspecified atom stereocenters. The van der Waals surface area contributed by atoms with Crippen LogP contribution in [0, 0.1) is 0 Å². The van der Waals surface area contributed by atoms with Crippen LogP contribution in [0.4, 0.5) is 0 Å². The molecule has 1 aromatic heterocycles. The predicted molar refractivity (Wildman–Crippen MR) is 95.0 cm³/mol. The van der Waals surface area contributed by atoms with Gasteiger partial charge in [-0.1, -0.05) is 14.4 Å². The quantitative estimate of drug-likeness (QED) is 0.601. The maximum Gasteiger partial charge on any atom is 0.270 e. The average molecular weight is 489 g/mol. The summed E-state index contributed by atoms with van der Waals surface area (Å²) in [5.41, 5.74) is 0.752. The van der Waals surface area contributed by atoms with Crippen LogP contribution in [0.25, 0.3) is 11.0 Å². The number of likely N-dealkylation sites (N-methyl/N-ethyl adjacent to an activating group) is 1. The summed E-state index contributed by atoms with van der Waals surface area (Å²) < 4.78 is 1.84. The molecule has 1 aliphatic rings. The van der Waals surface area contributed by atoms with Gasteiger partial charge in [0.2, 0.25) is 0 Å². The third-order valence-electron chi connectivity index (χ3n) is 2.32. The average Bonchev–Trinajstić information content (AvgIpc) is 3.01. The monoisotopic (exact) mass is 489 g/mol. The van der Waals surface area contributed by atoms with Crippen LogP contribution in [-0.2, 0) is 30.7 Å². The molecule has 2 heterocycles. The first kappa shape index (κ1) is 29.8. The molecular weight excluding hydrogens is 461 g/mol. The molecule has 1 amide bonds. The molecule has 0 saturated carbocycles. The van der Waals surface area contributed by atoms with Crippen molar-refractivity contribution in [3.8, 4) is 0 Å². The molecule has 0 bridgehead atoms. The van der Waals surface area contributed by atoms with Crippen LogP contribution in [0.5, 0.6) is 0 Å². The summed E-state index contributed by atoms with van der Waals surface area (Å²) in [6.45, 7) is 6.73. The Labute approximate surface area is 157 Å². The zero-order chi connectivity index (χ0) is 15.5. The van der Waals surface area contributed by atoms with E-state index in [4.69, 9.17) is 0 Å². The number of carbonyl (C=O) groups excluding carboxylic acids is 2. The first-order valence-corrected chi connectivity index (χ1v) is 6.55. The van der Waals surface area contributed by atoms with Gasteiger partial charge in [0.05, 0.1) is 0 Å². The van der Waals surface area contributed by atoms with Crippen LogP contribution in [-0.4, -0.2) is 56.8 Å². The largest absolute Gasteiger partial charge is 0.665 e. The zero-order valence-corrected chi connectivity index (χ0v) is 16.9. The summed E-state index contributed by atoms with van der Waals surface area (Å²) in [6.07, 6.45) is 5.69. The molecule has 1 aromatic rings. The fourth-order valence-electron chi connectivity index (χ4n) is 1.30. The minimum absolute atomic E-state index is 0. The Morgan fingerprint density at radius 3 is 1.91 bits per heavy atom. The number of hydrogen-bond donors (Lipinski definition) is 0. The molecule has 0 fully saturated rings. The number of nitrogens with zero attached hydrogens (tertiary/aromatic N) is 3. The number of Topliss-reactive ketones (excluding diaryl/α,β-unsaturated/α-hetero) is 1. The fourth-order valence-corrected chi connectivity index (χ4v) is 1.30. The molecule has 7 heteroatoms. The minimum Gasteiger partial charge on any atom is -0.665 e. The standard InChI is InChI=1S/C9H10N2O.C3H8N.C3H6O.CH4.B.W/c1-10-7-4-8(9(10)12)11-5-2-3-6-11;1-3-4-2;1-3(2)4;;;/h2-6H,7H2,1H3;3H2,1-2H3;1-2H3;1H4;;/q;-1;;;;. The van der Waals surface area contributed by atoms with Crippen LogP contribution < -0.4 is 0 Å².